The number of nitrogens with zero attached hydrogens (tertiary/aromatic N) is 3. The Kier molecular flexibility index (Phi) is 4.86. The molecule has 0 radical (unpaired) electrons. The van der Waals surface area contributed by atoms with E-state index in [0.717, 1.165) is 44.7 Å². The third-order valence-electron chi connectivity index (χ3n) is 4.08. The van der Waals surface area contributed by atoms with Crippen LogP contribution in [-0.2, 0) is 13.5 Å². The number of nitrogens with two attached hydrogens (primary N) is 1. The predicted molar refractivity (Wildman–Crippen MR) is 85.6 cm³/mol. The maximum Gasteiger partial charge on any atom is 0.109 e. The van der Waals surface area contributed by atoms with Gasteiger partial charge in [-0.1, -0.05) is 12.2 Å². The standard InChI is InChI=1S/C13H22N4S2/c1-16-10-6-15-11(16)3-7-17-8-4-13(19-2,5-9-17)12(14)18/h6,10H,3-5,7-9H2,1-2H3,(H2,14,18). The topological polar surface area (TPSA) is 47.1 Å². The second-order valence-corrected chi connectivity index (χ2v) is 6.74. The molecular formula is C13H22N4S2. The SMILES string of the molecule is CSC1(C(N)=S)CCN(CCc2nccn2C)CC1. The van der Waals surface area contributed by atoms with E-state index in [0.29, 0.717) is 4.99 Å². The fraction of sp³-hybridized carbons (Fsp3) is 0.692. The van der Waals surface area contributed by atoms with Crippen LogP contribution in [0.4, 0.5) is 0 Å². The summed E-state index contributed by atoms with van der Waals surface area (Å²) in [5, 5.41) is 0. The summed E-state index contributed by atoms with van der Waals surface area (Å²) in [5.41, 5.74) is 5.91. The molecule has 4 nitrogen and oxygen atoms in total. The van der Waals surface area contributed by atoms with Crippen LogP contribution in [0.3, 0.4) is 0 Å². The molecule has 0 atom stereocenters. The molecule has 1 saturated heterocycles. The Morgan fingerprint density at radius 2 is 2.21 bits per heavy atom. The molecule has 0 unspecified atom stereocenters. The highest BCUT2D eigenvalue weighted by Gasteiger charge is 2.36. The molecule has 1 aromatic heterocycles. The molecule has 0 bridgehead atoms. The quantitative estimate of drug-likeness (QED) is 0.834. The minimum Gasteiger partial charge on any atom is -0.392 e. The van der Waals surface area contributed by atoms with Crippen LogP contribution < -0.4 is 5.73 Å². The fourth-order valence-corrected chi connectivity index (χ4v) is 3.83. The van der Waals surface area contributed by atoms with E-state index < -0.39 is 0 Å². The number of rotatable bonds is 5. The van der Waals surface area contributed by atoms with E-state index in [1.165, 1.54) is 0 Å². The van der Waals surface area contributed by atoms with Crippen LogP contribution in [-0.4, -0.2) is 50.1 Å². The lowest BCUT2D eigenvalue weighted by atomic mass is 9.95. The van der Waals surface area contributed by atoms with Gasteiger partial charge in [-0.3, -0.25) is 0 Å². The van der Waals surface area contributed by atoms with Crippen molar-refractivity contribution in [3.05, 3.63) is 18.2 Å². The molecule has 0 saturated carbocycles. The molecule has 2 N–H and O–H groups in total. The highest BCUT2D eigenvalue weighted by atomic mass is 32.2. The Morgan fingerprint density at radius 1 is 1.53 bits per heavy atom. The normalized spacial score (nSPS) is 19.5. The van der Waals surface area contributed by atoms with E-state index in [4.69, 9.17) is 18.0 Å². The summed E-state index contributed by atoms with van der Waals surface area (Å²) in [7, 11) is 2.05. The second-order valence-electron chi connectivity index (χ2n) is 5.11. The van der Waals surface area contributed by atoms with Gasteiger partial charge >= 0.3 is 0 Å². The summed E-state index contributed by atoms with van der Waals surface area (Å²) in [4.78, 5) is 7.52. The fourth-order valence-electron chi connectivity index (χ4n) is 2.58. The van der Waals surface area contributed by atoms with E-state index in [-0.39, 0.29) is 4.75 Å². The largest absolute Gasteiger partial charge is 0.392 e. The Bertz CT molecular complexity index is 436. The Hall–Kier alpha value is -0.590. The smallest absolute Gasteiger partial charge is 0.109 e. The maximum absolute atomic E-state index is 5.91. The number of hydrogen-bond donors (Lipinski definition) is 1. The molecule has 2 heterocycles. The number of imidazole rings is 1. The molecule has 1 fully saturated rings. The molecule has 2 rings (SSSR count). The van der Waals surface area contributed by atoms with Crippen LogP contribution >= 0.6 is 24.0 Å². The summed E-state index contributed by atoms with van der Waals surface area (Å²) < 4.78 is 2.11. The zero-order valence-electron chi connectivity index (χ0n) is 11.6. The molecule has 1 aliphatic rings. The van der Waals surface area contributed by atoms with E-state index in [1.807, 2.05) is 31.2 Å². The van der Waals surface area contributed by atoms with Gasteiger partial charge in [0.2, 0.25) is 0 Å². The summed E-state index contributed by atoms with van der Waals surface area (Å²) in [6, 6.07) is 0. The molecule has 0 aliphatic carbocycles. The highest BCUT2D eigenvalue weighted by Crippen LogP contribution is 2.34. The van der Waals surface area contributed by atoms with Crippen molar-refractivity contribution < 1.29 is 0 Å². The zero-order chi connectivity index (χ0) is 13.9. The lowest BCUT2D eigenvalue weighted by Gasteiger charge is -2.40. The number of aromatic nitrogens is 2. The number of piperidine rings is 1. The maximum atomic E-state index is 5.91. The molecule has 19 heavy (non-hydrogen) atoms. The molecular weight excluding hydrogens is 276 g/mol. The van der Waals surface area contributed by atoms with Crippen LogP contribution in [0.2, 0.25) is 0 Å². The van der Waals surface area contributed by atoms with Gasteiger partial charge in [0.05, 0.1) is 9.74 Å². The number of thiocarbonyl (C=S) groups is 1. The highest BCUT2D eigenvalue weighted by molar-refractivity contribution is 8.02. The van der Waals surface area contributed by atoms with Crippen LogP contribution in [0.15, 0.2) is 12.4 Å². The number of aryl methyl sites for hydroxylation is 1. The molecule has 1 aliphatic heterocycles. The lowest BCUT2D eigenvalue weighted by Crippen LogP contribution is -2.49. The molecule has 0 spiro atoms. The lowest BCUT2D eigenvalue weighted by molar-refractivity contribution is 0.221. The third kappa shape index (κ3) is 3.30. The van der Waals surface area contributed by atoms with Gasteiger partial charge in [0.25, 0.3) is 0 Å². The monoisotopic (exact) mass is 298 g/mol. The molecule has 0 aromatic carbocycles. The van der Waals surface area contributed by atoms with Crippen molar-refractivity contribution in [3.8, 4) is 0 Å². The van der Waals surface area contributed by atoms with Crippen molar-refractivity contribution in [2.45, 2.75) is 24.0 Å². The third-order valence-corrected chi connectivity index (χ3v) is 6.01. The zero-order valence-corrected chi connectivity index (χ0v) is 13.3. The van der Waals surface area contributed by atoms with Crippen LogP contribution in [0.1, 0.15) is 18.7 Å². The molecule has 106 valence electrons. The van der Waals surface area contributed by atoms with Crippen molar-refractivity contribution in [1.82, 2.24) is 14.5 Å². The Morgan fingerprint density at radius 3 is 2.68 bits per heavy atom. The first kappa shape index (κ1) is 14.8. The Labute approximate surface area is 124 Å². The molecule has 6 heteroatoms. The van der Waals surface area contributed by atoms with E-state index in [9.17, 15) is 0 Å². The minimum absolute atomic E-state index is 0.0229. The summed E-state index contributed by atoms with van der Waals surface area (Å²) in [6.07, 6.45) is 9.09. The van der Waals surface area contributed by atoms with E-state index >= 15 is 0 Å². The van der Waals surface area contributed by atoms with Crippen LogP contribution in [0.5, 0.6) is 0 Å². The van der Waals surface area contributed by atoms with Gasteiger partial charge in [-0.15, -0.1) is 0 Å². The van der Waals surface area contributed by atoms with Crippen LogP contribution in [0, 0.1) is 0 Å². The molecule has 1 aromatic rings. The van der Waals surface area contributed by atoms with Gasteiger partial charge in [-0.2, -0.15) is 11.8 Å². The number of thioether (sulfide) groups is 1. The van der Waals surface area contributed by atoms with Gasteiger partial charge in [-0.25, -0.2) is 4.98 Å². The van der Waals surface area contributed by atoms with Gasteiger partial charge in [0.15, 0.2) is 0 Å². The average Bonchev–Trinajstić information content (AvgIpc) is 2.82. The first-order valence-electron chi connectivity index (χ1n) is 6.61. The summed E-state index contributed by atoms with van der Waals surface area (Å²) in [5.74, 6) is 1.15. The van der Waals surface area contributed by atoms with Gasteiger partial charge < -0.3 is 15.2 Å². The van der Waals surface area contributed by atoms with Crippen molar-refractivity contribution in [2.75, 3.05) is 25.9 Å². The van der Waals surface area contributed by atoms with Crippen molar-refractivity contribution >= 4 is 29.0 Å². The van der Waals surface area contributed by atoms with Gasteiger partial charge in [-0.05, 0) is 32.2 Å². The van der Waals surface area contributed by atoms with E-state index in [1.54, 1.807) is 0 Å². The van der Waals surface area contributed by atoms with Gasteiger partial charge in [0.1, 0.15) is 5.82 Å². The number of hydrogen-bond acceptors (Lipinski definition) is 4. The first-order valence-corrected chi connectivity index (χ1v) is 8.24. The van der Waals surface area contributed by atoms with Gasteiger partial charge in [0, 0.05) is 32.4 Å². The number of likely N-dealkylation sites (tertiary alicyclic amines) is 1. The Balaban J connectivity index is 1.84. The van der Waals surface area contributed by atoms with Crippen molar-refractivity contribution in [3.63, 3.8) is 0 Å². The first-order chi connectivity index (χ1) is 9.07. The minimum atomic E-state index is 0.0229. The van der Waals surface area contributed by atoms with Crippen LogP contribution in [0.25, 0.3) is 0 Å². The second kappa shape index (κ2) is 6.24. The average molecular weight is 298 g/mol. The van der Waals surface area contributed by atoms with E-state index in [2.05, 4.69) is 20.7 Å². The molecule has 0 amide bonds. The predicted octanol–water partition coefficient (Wildman–Crippen LogP) is 1.45. The summed E-state index contributed by atoms with van der Waals surface area (Å²) >= 11 is 7.05. The van der Waals surface area contributed by atoms with Crippen molar-refractivity contribution in [1.29, 1.82) is 0 Å². The van der Waals surface area contributed by atoms with Crippen molar-refractivity contribution in [2.24, 2.45) is 12.8 Å². The summed E-state index contributed by atoms with van der Waals surface area (Å²) in [6.45, 7) is 3.21.